The summed E-state index contributed by atoms with van der Waals surface area (Å²) in [4.78, 5) is 12.1. The lowest BCUT2D eigenvalue weighted by atomic mass is 10.0. The third-order valence-corrected chi connectivity index (χ3v) is 5.49. The van der Waals surface area contributed by atoms with Gasteiger partial charge >= 0.3 is 0 Å². The minimum absolute atomic E-state index is 0.154. The number of carbonyl (C=O) groups excluding carboxylic acids is 1. The molecule has 1 amide bonds. The summed E-state index contributed by atoms with van der Waals surface area (Å²) in [6.07, 6.45) is 0. The predicted molar refractivity (Wildman–Crippen MR) is 126 cm³/mol. The number of fused-ring (bicyclic) bond motifs is 1. The molecule has 0 fully saturated rings. The molecule has 3 aromatic carbocycles. The zero-order valence-corrected chi connectivity index (χ0v) is 17.6. The number of rotatable bonds is 7. The first-order valence-corrected chi connectivity index (χ1v) is 10.6. The van der Waals surface area contributed by atoms with Crippen molar-refractivity contribution in [3.63, 3.8) is 0 Å². The van der Waals surface area contributed by atoms with Crippen LogP contribution in [0.15, 0.2) is 83.1 Å². The number of nitrogen functional groups attached to an aromatic ring is 1. The van der Waals surface area contributed by atoms with Crippen LogP contribution in [0.25, 0.3) is 10.8 Å². The molecule has 8 nitrogen and oxygen atoms in total. The summed E-state index contributed by atoms with van der Waals surface area (Å²) in [6.45, 7) is 1.90. The smallest absolute Gasteiger partial charge is 0.264 e. The van der Waals surface area contributed by atoms with Crippen molar-refractivity contribution in [2.75, 3.05) is 22.3 Å². The number of nitrogens with zero attached hydrogens (tertiary/aromatic N) is 4. The Morgan fingerprint density at radius 2 is 1.77 bits per heavy atom. The molecule has 4 aromatic rings. The minimum Gasteiger partial charge on any atom is -0.334 e. The fourth-order valence-electron chi connectivity index (χ4n) is 2.91. The number of hydrogen-bond acceptors (Lipinski definition) is 7. The van der Waals surface area contributed by atoms with E-state index in [1.807, 2.05) is 55.5 Å². The van der Waals surface area contributed by atoms with Crippen LogP contribution in [-0.2, 0) is 4.79 Å². The fourth-order valence-corrected chi connectivity index (χ4v) is 3.57. The molecule has 0 spiro atoms. The fraction of sp³-hybridized carbons (Fsp3) is 0.0909. The Kier molecular flexibility index (Phi) is 6.13. The van der Waals surface area contributed by atoms with Gasteiger partial charge in [0.25, 0.3) is 5.95 Å². The Balaban J connectivity index is 1.37. The van der Waals surface area contributed by atoms with Gasteiger partial charge in [-0.05, 0) is 41.5 Å². The van der Waals surface area contributed by atoms with Gasteiger partial charge in [-0.2, -0.15) is 5.10 Å². The first-order chi connectivity index (χ1) is 15.1. The van der Waals surface area contributed by atoms with Gasteiger partial charge in [0.05, 0.1) is 11.5 Å². The van der Waals surface area contributed by atoms with Crippen molar-refractivity contribution in [3.05, 3.63) is 78.4 Å². The van der Waals surface area contributed by atoms with Crippen molar-refractivity contribution in [1.29, 1.82) is 0 Å². The maximum Gasteiger partial charge on any atom is 0.264 e. The van der Waals surface area contributed by atoms with Crippen LogP contribution in [0.4, 0.5) is 11.6 Å². The van der Waals surface area contributed by atoms with E-state index in [0.717, 1.165) is 22.3 Å². The molecule has 0 saturated carbocycles. The zero-order chi connectivity index (χ0) is 21.6. The molecule has 0 saturated heterocycles. The molecule has 4 rings (SSSR count). The van der Waals surface area contributed by atoms with E-state index in [9.17, 15) is 4.79 Å². The van der Waals surface area contributed by atoms with Crippen LogP contribution >= 0.6 is 11.8 Å². The van der Waals surface area contributed by atoms with Crippen molar-refractivity contribution >= 4 is 45.8 Å². The Morgan fingerprint density at radius 1 is 1.03 bits per heavy atom. The molecule has 0 atom stereocenters. The summed E-state index contributed by atoms with van der Waals surface area (Å²) in [7, 11) is 0. The Bertz CT molecular complexity index is 1240. The molecule has 0 aliphatic carbocycles. The van der Waals surface area contributed by atoms with Crippen LogP contribution in [0.2, 0.25) is 0 Å². The standard InChI is InChI=1S/C22H21N7OS/c1-15(17-12-11-16-7-5-6-8-18(16)13-17)25-26-21-27-28-22(29(21)23)31-14-20(30)24-19-9-3-2-4-10-19/h2-13H,14,23H2,1H3,(H,24,30)(H,26,27)/b25-15+. The molecular formula is C22H21N7OS. The minimum atomic E-state index is -0.154. The number of anilines is 2. The molecule has 0 unspecified atom stereocenters. The zero-order valence-electron chi connectivity index (χ0n) is 16.8. The quantitative estimate of drug-likeness (QED) is 0.178. The number of carbonyl (C=O) groups is 1. The number of aromatic nitrogens is 3. The lowest BCUT2D eigenvalue weighted by Gasteiger charge is -2.06. The van der Waals surface area contributed by atoms with Gasteiger partial charge in [-0.3, -0.25) is 4.79 Å². The normalized spacial score (nSPS) is 11.5. The first kappa shape index (κ1) is 20.4. The van der Waals surface area contributed by atoms with Gasteiger partial charge in [0.1, 0.15) is 0 Å². The van der Waals surface area contributed by atoms with Gasteiger partial charge < -0.3 is 11.2 Å². The van der Waals surface area contributed by atoms with Crippen LogP contribution in [0.1, 0.15) is 12.5 Å². The van der Waals surface area contributed by atoms with E-state index in [1.54, 1.807) is 0 Å². The number of nitrogens with one attached hydrogen (secondary N) is 2. The number of para-hydroxylation sites is 1. The third-order valence-electron chi connectivity index (χ3n) is 4.55. The first-order valence-electron chi connectivity index (χ1n) is 9.58. The van der Waals surface area contributed by atoms with Crippen LogP contribution in [0.5, 0.6) is 0 Å². The van der Waals surface area contributed by atoms with Crippen molar-refractivity contribution in [2.45, 2.75) is 12.1 Å². The van der Waals surface area contributed by atoms with Crippen molar-refractivity contribution in [1.82, 2.24) is 14.9 Å². The van der Waals surface area contributed by atoms with Crippen LogP contribution < -0.4 is 16.6 Å². The highest BCUT2D eigenvalue weighted by Gasteiger charge is 2.12. The molecule has 1 aromatic heterocycles. The molecule has 0 bridgehead atoms. The Morgan fingerprint density at radius 3 is 2.58 bits per heavy atom. The molecule has 9 heteroatoms. The van der Waals surface area contributed by atoms with E-state index in [4.69, 9.17) is 5.84 Å². The molecule has 0 radical (unpaired) electrons. The van der Waals surface area contributed by atoms with Gasteiger partial charge in [0, 0.05) is 5.69 Å². The number of thioether (sulfide) groups is 1. The molecule has 4 N–H and O–H groups in total. The van der Waals surface area contributed by atoms with Crippen LogP contribution in [0, 0.1) is 0 Å². The SMILES string of the molecule is C/C(=N\Nc1nnc(SCC(=O)Nc2ccccc2)n1N)c1ccc2ccccc2c1. The molecule has 1 heterocycles. The maximum absolute atomic E-state index is 12.1. The highest BCUT2D eigenvalue weighted by Crippen LogP contribution is 2.18. The molecule has 156 valence electrons. The van der Waals surface area contributed by atoms with E-state index < -0.39 is 0 Å². The summed E-state index contributed by atoms with van der Waals surface area (Å²) >= 11 is 1.19. The average Bonchev–Trinajstić information content (AvgIpc) is 3.15. The molecule has 31 heavy (non-hydrogen) atoms. The van der Waals surface area contributed by atoms with Gasteiger partial charge in [0.2, 0.25) is 11.1 Å². The highest BCUT2D eigenvalue weighted by molar-refractivity contribution is 7.99. The van der Waals surface area contributed by atoms with E-state index in [2.05, 4.69) is 50.3 Å². The average molecular weight is 432 g/mol. The monoisotopic (exact) mass is 431 g/mol. The summed E-state index contributed by atoms with van der Waals surface area (Å²) in [5.41, 5.74) is 5.35. The number of nitrogens with two attached hydrogens (primary N) is 1. The van der Waals surface area contributed by atoms with E-state index in [-0.39, 0.29) is 17.6 Å². The van der Waals surface area contributed by atoms with Gasteiger partial charge in [0.15, 0.2) is 0 Å². The Labute approximate surface area is 183 Å². The second-order valence-corrected chi connectivity index (χ2v) is 7.69. The van der Waals surface area contributed by atoms with Crippen molar-refractivity contribution in [2.24, 2.45) is 5.10 Å². The Hall–Kier alpha value is -3.85. The predicted octanol–water partition coefficient (Wildman–Crippen LogP) is 3.71. The maximum atomic E-state index is 12.1. The number of benzene rings is 3. The van der Waals surface area contributed by atoms with Crippen LogP contribution in [-0.4, -0.2) is 32.2 Å². The summed E-state index contributed by atoms with van der Waals surface area (Å²) in [6, 6.07) is 23.6. The van der Waals surface area contributed by atoms with Gasteiger partial charge in [-0.1, -0.05) is 66.4 Å². The van der Waals surface area contributed by atoms with Gasteiger partial charge in [-0.25, -0.2) is 10.1 Å². The van der Waals surface area contributed by atoms with E-state index in [1.165, 1.54) is 21.8 Å². The third kappa shape index (κ3) is 5.01. The second-order valence-electron chi connectivity index (χ2n) is 6.75. The van der Waals surface area contributed by atoms with Crippen LogP contribution in [0.3, 0.4) is 0 Å². The van der Waals surface area contributed by atoms with E-state index in [0.29, 0.717) is 5.16 Å². The highest BCUT2D eigenvalue weighted by atomic mass is 32.2. The molecular weight excluding hydrogens is 410 g/mol. The molecule has 0 aliphatic rings. The van der Waals surface area contributed by atoms with Gasteiger partial charge in [-0.15, -0.1) is 10.2 Å². The lowest BCUT2D eigenvalue weighted by Crippen LogP contribution is -2.17. The van der Waals surface area contributed by atoms with Crippen molar-refractivity contribution < 1.29 is 4.79 Å². The van der Waals surface area contributed by atoms with E-state index >= 15 is 0 Å². The summed E-state index contributed by atoms with van der Waals surface area (Å²) in [5.74, 6) is 6.33. The number of hydrogen-bond donors (Lipinski definition) is 3. The number of hydrazone groups is 1. The lowest BCUT2D eigenvalue weighted by molar-refractivity contribution is -0.113. The topological polar surface area (TPSA) is 110 Å². The van der Waals surface area contributed by atoms with Crippen molar-refractivity contribution in [3.8, 4) is 0 Å². The largest absolute Gasteiger partial charge is 0.334 e. The summed E-state index contributed by atoms with van der Waals surface area (Å²) < 4.78 is 1.28. The second kappa shape index (κ2) is 9.31. The number of amides is 1. The summed E-state index contributed by atoms with van der Waals surface area (Å²) in [5, 5.41) is 17.9. The molecule has 0 aliphatic heterocycles.